The summed E-state index contributed by atoms with van der Waals surface area (Å²) in [7, 11) is 1.36. The number of nitrogens with one attached hydrogen (secondary N) is 1. The predicted octanol–water partition coefficient (Wildman–Crippen LogP) is 1.30. The van der Waals surface area contributed by atoms with Gasteiger partial charge in [0.15, 0.2) is 0 Å². The fraction of sp³-hybridized carbons (Fsp3) is 0.529. The third-order valence-corrected chi connectivity index (χ3v) is 4.05. The van der Waals surface area contributed by atoms with Crippen molar-refractivity contribution < 1.29 is 19.1 Å². The molecule has 1 unspecified atom stereocenters. The van der Waals surface area contributed by atoms with Crippen LogP contribution >= 0.6 is 0 Å². The van der Waals surface area contributed by atoms with Crippen molar-refractivity contribution in [3.8, 4) is 0 Å². The maximum Gasteiger partial charge on any atom is 0.305 e. The Balaban J connectivity index is 1.99. The van der Waals surface area contributed by atoms with Gasteiger partial charge in [-0.3, -0.25) is 9.59 Å². The number of hydrogen-bond donors (Lipinski definition) is 2. The molecule has 23 heavy (non-hydrogen) atoms. The minimum absolute atomic E-state index is 0.0454. The zero-order valence-electron chi connectivity index (χ0n) is 13.4. The van der Waals surface area contributed by atoms with Crippen LogP contribution in [-0.4, -0.2) is 37.7 Å². The fourth-order valence-corrected chi connectivity index (χ4v) is 2.71. The Hall–Kier alpha value is -1.92. The smallest absolute Gasteiger partial charge is 0.305 e. The van der Waals surface area contributed by atoms with Crippen molar-refractivity contribution in [3.63, 3.8) is 0 Å². The van der Waals surface area contributed by atoms with E-state index in [1.54, 1.807) is 0 Å². The van der Waals surface area contributed by atoms with Gasteiger partial charge >= 0.3 is 5.97 Å². The standard InChI is InChI=1S/C17H24N2O4/c1-22-16(20)10-8-14(12-5-3-2-4-6-12)19-17(21)15-9-7-13(11-18)23-15/h2-6,13-15H,7-11,18H2,1H3,(H,19,21)/t13-,14?,15+/m1/s1. The minimum atomic E-state index is -0.465. The first-order valence-corrected chi connectivity index (χ1v) is 7.91. The van der Waals surface area contributed by atoms with Gasteiger partial charge in [0, 0.05) is 13.0 Å². The first kappa shape index (κ1) is 17.4. The third kappa shape index (κ3) is 5.04. The van der Waals surface area contributed by atoms with Crippen LogP contribution in [0.1, 0.15) is 37.3 Å². The summed E-state index contributed by atoms with van der Waals surface area (Å²) in [5, 5.41) is 2.99. The predicted molar refractivity (Wildman–Crippen MR) is 85.5 cm³/mol. The number of rotatable bonds is 7. The van der Waals surface area contributed by atoms with E-state index in [9.17, 15) is 9.59 Å². The Kier molecular flexibility index (Phi) is 6.55. The summed E-state index contributed by atoms with van der Waals surface area (Å²) in [4.78, 5) is 23.8. The van der Waals surface area contributed by atoms with Crippen molar-refractivity contribution in [2.45, 2.75) is 43.9 Å². The van der Waals surface area contributed by atoms with Gasteiger partial charge in [-0.15, -0.1) is 0 Å². The number of esters is 1. The second-order valence-corrected chi connectivity index (χ2v) is 5.65. The number of ether oxygens (including phenoxy) is 2. The Morgan fingerprint density at radius 2 is 2.09 bits per heavy atom. The van der Waals surface area contributed by atoms with Crippen molar-refractivity contribution in [3.05, 3.63) is 35.9 Å². The molecule has 0 bridgehead atoms. The lowest BCUT2D eigenvalue weighted by Gasteiger charge is -2.21. The van der Waals surface area contributed by atoms with E-state index in [-0.39, 0.29) is 30.4 Å². The maximum atomic E-state index is 12.4. The highest BCUT2D eigenvalue weighted by molar-refractivity contribution is 5.81. The van der Waals surface area contributed by atoms with Gasteiger partial charge in [0.25, 0.3) is 0 Å². The van der Waals surface area contributed by atoms with E-state index in [0.29, 0.717) is 19.4 Å². The molecule has 1 amide bonds. The molecule has 1 aromatic rings. The summed E-state index contributed by atoms with van der Waals surface area (Å²) in [5.74, 6) is -0.444. The number of methoxy groups -OCH3 is 1. The lowest BCUT2D eigenvalue weighted by Crippen LogP contribution is -2.38. The van der Waals surface area contributed by atoms with Crippen LogP contribution in [0.15, 0.2) is 30.3 Å². The molecule has 0 spiro atoms. The second kappa shape index (κ2) is 8.64. The van der Waals surface area contributed by atoms with Gasteiger partial charge < -0.3 is 20.5 Å². The zero-order valence-corrected chi connectivity index (χ0v) is 13.4. The second-order valence-electron chi connectivity index (χ2n) is 5.65. The lowest BCUT2D eigenvalue weighted by atomic mass is 10.0. The highest BCUT2D eigenvalue weighted by atomic mass is 16.5. The van der Waals surface area contributed by atoms with Crippen molar-refractivity contribution >= 4 is 11.9 Å². The Labute approximate surface area is 136 Å². The number of carbonyl (C=O) groups excluding carboxylic acids is 2. The average molecular weight is 320 g/mol. The molecular formula is C17H24N2O4. The third-order valence-electron chi connectivity index (χ3n) is 4.05. The first-order chi connectivity index (χ1) is 11.1. The quantitative estimate of drug-likeness (QED) is 0.739. The number of amides is 1. The molecule has 1 aliphatic heterocycles. The zero-order chi connectivity index (χ0) is 16.7. The molecule has 126 valence electrons. The lowest BCUT2D eigenvalue weighted by molar-refractivity contribution is -0.141. The van der Waals surface area contributed by atoms with Gasteiger partial charge in [-0.05, 0) is 24.8 Å². The summed E-state index contributed by atoms with van der Waals surface area (Å²) in [6.45, 7) is 0.425. The molecule has 6 heteroatoms. The van der Waals surface area contributed by atoms with Crippen LogP contribution in [0.4, 0.5) is 0 Å². The van der Waals surface area contributed by atoms with E-state index >= 15 is 0 Å². The minimum Gasteiger partial charge on any atom is -0.469 e. The van der Waals surface area contributed by atoms with E-state index in [1.807, 2.05) is 30.3 Å². The molecule has 1 heterocycles. The van der Waals surface area contributed by atoms with Crippen LogP contribution in [0, 0.1) is 0 Å². The van der Waals surface area contributed by atoms with E-state index in [1.165, 1.54) is 7.11 Å². The molecule has 0 aromatic heterocycles. The van der Waals surface area contributed by atoms with Gasteiger partial charge in [-0.25, -0.2) is 0 Å². The van der Waals surface area contributed by atoms with Crippen LogP contribution < -0.4 is 11.1 Å². The molecular weight excluding hydrogens is 296 g/mol. The van der Waals surface area contributed by atoms with Gasteiger partial charge in [0.05, 0.1) is 19.3 Å². The highest BCUT2D eigenvalue weighted by Crippen LogP contribution is 2.23. The van der Waals surface area contributed by atoms with E-state index in [2.05, 4.69) is 10.1 Å². The SMILES string of the molecule is COC(=O)CCC(NC(=O)[C@@H]1CC[C@H](CN)O1)c1ccccc1. The van der Waals surface area contributed by atoms with Gasteiger partial charge in [-0.2, -0.15) is 0 Å². The molecule has 1 saturated heterocycles. The monoisotopic (exact) mass is 320 g/mol. The molecule has 3 atom stereocenters. The largest absolute Gasteiger partial charge is 0.469 e. The molecule has 3 N–H and O–H groups in total. The van der Waals surface area contributed by atoms with Crippen molar-refractivity contribution in [1.29, 1.82) is 0 Å². The highest BCUT2D eigenvalue weighted by Gasteiger charge is 2.31. The number of benzene rings is 1. The van der Waals surface area contributed by atoms with Crippen LogP contribution in [0.2, 0.25) is 0 Å². The van der Waals surface area contributed by atoms with E-state index < -0.39 is 6.10 Å². The fourth-order valence-electron chi connectivity index (χ4n) is 2.71. The average Bonchev–Trinajstić information content (AvgIpc) is 3.08. The molecule has 6 nitrogen and oxygen atoms in total. The summed E-state index contributed by atoms with van der Waals surface area (Å²) in [5.41, 5.74) is 6.53. The molecule has 1 aromatic carbocycles. The Bertz CT molecular complexity index is 521. The van der Waals surface area contributed by atoms with Crippen molar-refractivity contribution in [2.24, 2.45) is 5.73 Å². The Morgan fingerprint density at radius 3 is 2.70 bits per heavy atom. The van der Waals surface area contributed by atoms with Crippen LogP contribution in [-0.2, 0) is 19.1 Å². The first-order valence-electron chi connectivity index (χ1n) is 7.91. The molecule has 1 aliphatic rings. The summed E-state index contributed by atoms with van der Waals surface area (Å²) in [6, 6.07) is 9.34. The summed E-state index contributed by atoms with van der Waals surface area (Å²) in [6.07, 6.45) is 1.69. The molecule has 2 rings (SSSR count). The molecule has 0 radical (unpaired) electrons. The number of hydrogen-bond acceptors (Lipinski definition) is 5. The van der Waals surface area contributed by atoms with E-state index in [0.717, 1.165) is 12.0 Å². The maximum absolute atomic E-state index is 12.4. The molecule has 0 aliphatic carbocycles. The van der Waals surface area contributed by atoms with Gasteiger partial charge in [0.1, 0.15) is 6.10 Å². The van der Waals surface area contributed by atoms with Crippen LogP contribution in [0.5, 0.6) is 0 Å². The van der Waals surface area contributed by atoms with Crippen LogP contribution in [0.25, 0.3) is 0 Å². The summed E-state index contributed by atoms with van der Waals surface area (Å²) < 4.78 is 10.3. The van der Waals surface area contributed by atoms with Crippen molar-refractivity contribution in [1.82, 2.24) is 5.32 Å². The van der Waals surface area contributed by atoms with Crippen molar-refractivity contribution in [2.75, 3.05) is 13.7 Å². The topological polar surface area (TPSA) is 90.7 Å². The number of nitrogens with two attached hydrogens (primary N) is 1. The van der Waals surface area contributed by atoms with Crippen LogP contribution in [0.3, 0.4) is 0 Å². The van der Waals surface area contributed by atoms with Gasteiger partial charge in [0.2, 0.25) is 5.91 Å². The van der Waals surface area contributed by atoms with E-state index in [4.69, 9.17) is 10.5 Å². The number of carbonyl (C=O) groups is 2. The summed E-state index contributed by atoms with van der Waals surface area (Å²) >= 11 is 0. The normalized spacial score (nSPS) is 21.7. The van der Waals surface area contributed by atoms with Gasteiger partial charge in [-0.1, -0.05) is 30.3 Å². The molecule has 1 fully saturated rings. The molecule has 0 saturated carbocycles. The Morgan fingerprint density at radius 1 is 1.35 bits per heavy atom.